The van der Waals surface area contributed by atoms with Gasteiger partial charge in [-0.1, -0.05) is 6.07 Å². The number of likely N-dealkylation sites (tertiary alicyclic amines) is 1. The predicted molar refractivity (Wildman–Crippen MR) is 92.5 cm³/mol. The number of hydrogen-bond donors (Lipinski definition) is 3. The molecule has 0 unspecified atom stereocenters. The SMILES string of the molecule is Cc1cc(C)c2[nH]c(CN3C[C@@H](CCO)[C@H](N)C3)cc(=O)c2c1. The number of rotatable bonds is 4. The maximum absolute atomic E-state index is 12.4. The Morgan fingerprint density at radius 2 is 2.09 bits per heavy atom. The molecule has 1 aromatic carbocycles. The normalized spacial score (nSPS) is 22.1. The van der Waals surface area contributed by atoms with E-state index in [9.17, 15) is 4.79 Å². The Kier molecular flexibility index (Phi) is 4.53. The van der Waals surface area contributed by atoms with Gasteiger partial charge in [-0.25, -0.2) is 0 Å². The molecule has 0 aliphatic carbocycles. The van der Waals surface area contributed by atoms with Crippen LogP contribution in [-0.4, -0.2) is 40.7 Å². The van der Waals surface area contributed by atoms with Crippen LogP contribution in [0.4, 0.5) is 0 Å². The van der Waals surface area contributed by atoms with Crippen molar-refractivity contribution in [1.29, 1.82) is 0 Å². The van der Waals surface area contributed by atoms with Crippen molar-refractivity contribution in [3.63, 3.8) is 0 Å². The van der Waals surface area contributed by atoms with Gasteiger partial charge in [-0.3, -0.25) is 9.69 Å². The molecule has 5 heteroatoms. The second-order valence-corrected chi connectivity index (χ2v) is 6.79. The summed E-state index contributed by atoms with van der Waals surface area (Å²) < 4.78 is 0. The summed E-state index contributed by atoms with van der Waals surface area (Å²) in [7, 11) is 0. The van der Waals surface area contributed by atoms with Crippen LogP contribution in [0.25, 0.3) is 10.9 Å². The second-order valence-electron chi connectivity index (χ2n) is 6.79. The van der Waals surface area contributed by atoms with Crippen molar-refractivity contribution in [3.05, 3.63) is 45.2 Å². The van der Waals surface area contributed by atoms with Gasteiger partial charge in [-0.15, -0.1) is 0 Å². The zero-order chi connectivity index (χ0) is 16.6. The van der Waals surface area contributed by atoms with E-state index in [0.717, 1.165) is 47.2 Å². The quantitative estimate of drug-likeness (QED) is 0.794. The van der Waals surface area contributed by atoms with E-state index in [1.54, 1.807) is 6.07 Å². The van der Waals surface area contributed by atoms with Crippen LogP contribution < -0.4 is 11.2 Å². The third-order valence-electron chi connectivity index (χ3n) is 4.80. The Hall–Kier alpha value is -1.69. The maximum atomic E-state index is 12.4. The van der Waals surface area contributed by atoms with E-state index in [4.69, 9.17) is 10.8 Å². The van der Waals surface area contributed by atoms with Crippen molar-refractivity contribution < 1.29 is 5.11 Å². The maximum Gasteiger partial charge on any atom is 0.189 e. The van der Waals surface area contributed by atoms with Crippen LogP contribution >= 0.6 is 0 Å². The Labute approximate surface area is 136 Å². The predicted octanol–water partition coefficient (Wildman–Crippen LogP) is 1.29. The summed E-state index contributed by atoms with van der Waals surface area (Å²) in [6.07, 6.45) is 0.740. The van der Waals surface area contributed by atoms with Crippen LogP contribution in [0.3, 0.4) is 0 Å². The minimum absolute atomic E-state index is 0.0657. The van der Waals surface area contributed by atoms with Gasteiger partial charge in [0.15, 0.2) is 5.43 Å². The number of aromatic amines is 1. The van der Waals surface area contributed by atoms with Crippen LogP contribution in [0, 0.1) is 19.8 Å². The van der Waals surface area contributed by atoms with E-state index >= 15 is 0 Å². The summed E-state index contributed by atoms with van der Waals surface area (Å²) in [5.74, 6) is 0.330. The molecule has 2 atom stereocenters. The molecule has 0 radical (unpaired) electrons. The molecule has 124 valence electrons. The molecule has 4 N–H and O–H groups in total. The number of aromatic nitrogens is 1. The largest absolute Gasteiger partial charge is 0.396 e. The van der Waals surface area contributed by atoms with Crippen molar-refractivity contribution in [2.45, 2.75) is 32.9 Å². The van der Waals surface area contributed by atoms with E-state index in [1.165, 1.54) is 0 Å². The van der Waals surface area contributed by atoms with Gasteiger partial charge >= 0.3 is 0 Å². The lowest BCUT2D eigenvalue weighted by Gasteiger charge is -2.16. The smallest absolute Gasteiger partial charge is 0.189 e. The molecule has 0 bridgehead atoms. The fraction of sp³-hybridized carbons (Fsp3) is 0.500. The molecule has 2 aromatic rings. The summed E-state index contributed by atoms with van der Waals surface area (Å²) >= 11 is 0. The van der Waals surface area contributed by atoms with Crippen LogP contribution in [-0.2, 0) is 6.54 Å². The van der Waals surface area contributed by atoms with Crippen molar-refractivity contribution in [2.24, 2.45) is 11.7 Å². The third-order valence-corrected chi connectivity index (χ3v) is 4.80. The van der Waals surface area contributed by atoms with E-state index in [-0.39, 0.29) is 18.1 Å². The summed E-state index contributed by atoms with van der Waals surface area (Å²) in [6.45, 7) is 6.57. The summed E-state index contributed by atoms with van der Waals surface area (Å²) in [5, 5.41) is 9.86. The zero-order valence-electron chi connectivity index (χ0n) is 13.8. The van der Waals surface area contributed by atoms with Gasteiger partial charge in [-0.2, -0.15) is 0 Å². The average Bonchev–Trinajstić information content (AvgIpc) is 2.81. The molecule has 2 heterocycles. The van der Waals surface area contributed by atoms with E-state index in [1.807, 2.05) is 19.9 Å². The van der Waals surface area contributed by atoms with Gasteiger partial charge in [0.1, 0.15) is 0 Å². The minimum Gasteiger partial charge on any atom is -0.396 e. The standard InChI is InChI=1S/C18H25N3O2/c1-11-5-12(2)18-15(6-11)17(23)7-14(20-18)9-21-8-13(3-4-22)16(19)10-21/h5-7,13,16,22H,3-4,8-10,19H2,1-2H3,(H,20,23)/t13-,16-/m1/s1. The molecule has 5 nitrogen and oxygen atoms in total. The van der Waals surface area contributed by atoms with Gasteiger partial charge in [0, 0.05) is 49.4 Å². The van der Waals surface area contributed by atoms with Gasteiger partial charge < -0.3 is 15.8 Å². The molecule has 23 heavy (non-hydrogen) atoms. The Bertz CT molecular complexity index is 769. The number of pyridine rings is 1. The van der Waals surface area contributed by atoms with Crippen molar-refractivity contribution in [3.8, 4) is 0 Å². The van der Waals surface area contributed by atoms with Gasteiger partial charge in [0.25, 0.3) is 0 Å². The Balaban J connectivity index is 1.86. The number of H-pyrrole nitrogens is 1. The lowest BCUT2D eigenvalue weighted by molar-refractivity contribution is 0.246. The number of hydrogen-bond acceptors (Lipinski definition) is 4. The molecular weight excluding hydrogens is 290 g/mol. The number of nitrogens with one attached hydrogen (secondary N) is 1. The second kappa shape index (κ2) is 6.43. The monoisotopic (exact) mass is 315 g/mol. The number of aliphatic hydroxyl groups excluding tert-OH is 1. The van der Waals surface area contributed by atoms with Crippen molar-refractivity contribution >= 4 is 10.9 Å². The highest BCUT2D eigenvalue weighted by Gasteiger charge is 2.29. The van der Waals surface area contributed by atoms with Crippen molar-refractivity contribution in [1.82, 2.24) is 9.88 Å². The first kappa shape index (κ1) is 16.2. The highest BCUT2D eigenvalue weighted by molar-refractivity contribution is 5.82. The fourth-order valence-corrected chi connectivity index (χ4v) is 3.68. The van der Waals surface area contributed by atoms with Crippen LogP contribution in [0.5, 0.6) is 0 Å². The number of aliphatic hydroxyl groups is 1. The van der Waals surface area contributed by atoms with Gasteiger partial charge in [0.05, 0.1) is 5.52 Å². The first-order valence-electron chi connectivity index (χ1n) is 8.20. The first-order valence-corrected chi connectivity index (χ1v) is 8.20. The molecule has 0 amide bonds. The molecule has 3 rings (SSSR count). The molecule has 1 aliphatic rings. The van der Waals surface area contributed by atoms with E-state index < -0.39 is 0 Å². The molecule has 0 saturated carbocycles. The number of fused-ring (bicyclic) bond motifs is 1. The lowest BCUT2D eigenvalue weighted by Crippen LogP contribution is -2.30. The van der Waals surface area contributed by atoms with Crippen LogP contribution in [0.1, 0.15) is 23.2 Å². The first-order chi connectivity index (χ1) is 11.0. The van der Waals surface area contributed by atoms with Gasteiger partial charge in [0.2, 0.25) is 0 Å². The Morgan fingerprint density at radius 3 is 2.83 bits per heavy atom. The van der Waals surface area contributed by atoms with E-state index in [2.05, 4.69) is 16.0 Å². The third kappa shape index (κ3) is 3.32. The number of nitrogens with zero attached hydrogens (tertiary/aromatic N) is 1. The summed E-state index contributed by atoms with van der Waals surface area (Å²) in [6, 6.07) is 5.82. The number of benzene rings is 1. The lowest BCUT2D eigenvalue weighted by atomic mass is 10.0. The fourth-order valence-electron chi connectivity index (χ4n) is 3.68. The molecule has 1 saturated heterocycles. The van der Waals surface area contributed by atoms with Crippen molar-refractivity contribution in [2.75, 3.05) is 19.7 Å². The molecule has 1 fully saturated rings. The van der Waals surface area contributed by atoms with Gasteiger partial charge in [-0.05, 0) is 43.4 Å². The van der Waals surface area contributed by atoms with Crippen LogP contribution in [0.15, 0.2) is 23.0 Å². The topological polar surface area (TPSA) is 82.3 Å². The molecule has 0 spiro atoms. The molecular formula is C18H25N3O2. The zero-order valence-corrected chi connectivity index (χ0v) is 13.8. The summed E-state index contributed by atoms with van der Waals surface area (Å²) in [5.41, 5.74) is 10.3. The molecule has 1 aliphatic heterocycles. The molecule has 1 aromatic heterocycles. The highest BCUT2D eigenvalue weighted by atomic mass is 16.3. The van der Waals surface area contributed by atoms with E-state index in [0.29, 0.717) is 12.5 Å². The highest BCUT2D eigenvalue weighted by Crippen LogP contribution is 2.21. The van der Waals surface area contributed by atoms with Crippen LogP contribution in [0.2, 0.25) is 0 Å². The number of aryl methyl sites for hydroxylation is 2. The summed E-state index contributed by atoms with van der Waals surface area (Å²) in [4.78, 5) is 18.1. The minimum atomic E-state index is 0.0657. The average molecular weight is 315 g/mol. The number of nitrogens with two attached hydrogens (primary N) is 1. The Morgan fingerprint density at radius 1 is 1.30 bits per heavy atom.